The van der Waals surface area contributed by atoms with Crippen LogP contribution in [0.15, 0.2) is 36.4 Å². The molecular weight excluding hydrogens is 232 g/mol. The van der Waals surface area contributed by atoms with Crippen molar-refractivity contribution in [3.05, 3.63) is 42.0 Å². The minimum atomic E-state index is -1.28. The lowest BCUT2D eigenvalue weighted by molar-refractivity contribution is -0.153. The summed E-state index contributed by atoms with van der Waals surface area (Å²) in [5.74, 6) is -0.0756. The molecule has 1 aromatic carbocycles. The molecule has 0 bridgehead atoms. The third-order valence-corrected chi connectivity index (χ3v) is 2.17. The monoisotopic (exact) mass is 250 g/mol. The van der Waals surface area contributed by atoms with Crippen LogP contribution in [0.3, 0.4) is 0 Å². The summed E-state index contributed by atoms with van der Waals surface area (Å²) >= 11 is 0. The first-order valence-electron chi connectivity index (χ1n) is 5.76. The van der Waals surface area contributed by atoms with Crippen LogP contribution in [-0.4, -0.2) is 24.3 Å². The number of aliphatic hydroxyl groups is 1. The second-order valence-corrected chi connectivity index (χ2v) is 3.97. The fourth-order valence-corrected chi connectivity index (χ4v) is 1.34. The quantitative estimate of drug-likeness (QED) is 0.621. The number of carbonyl (C=O) groups excluding carboxylic acids is 1. The predicted octanol–water partition coefficient (Wildman–Crippen LogP) is 2.24. The maximum atomic E-state index is 11.4. The standard InChI is InChI=1S/C14H18O4/c1-4-17-14(16)13(15)11-6-5-7-12(8-11)18-9-10(2)3/h5-8,13,15H,2,4,9H2,1,3H3. The van der Waals surface area contributed by atoms with Crippen LogP contribution in [0.25, 0.3) is 0 Å². The van der Waals surface area contributed by atoms with Crippen molar-refractivity contribution >= 4 is 5.97 Å². The minimum absolute atomic E-state index is 0.238. The highest BCUT2D eigenvalue weighted by atomic mass is 16.5. The van der Waals surface area contributed by atoms with Crippen LogP contribution in [0.1, 0.15) is 25.5 Å². The van der Waals surface area contributed by atoms with Crippen LogP contribution >= 0.6 is 0 Å². The second kappa shape index (κ2) is 6.81. The van der Waals surface area contributed by atoms with Gasteiger partial charge in [0.25, 0.3) is 0 Å². The van der Waals surface area contributed by atoms with E-state index in [0.29, 0.717) is 17.9 Å². The normalized spacial score (nSPS) is 11.7. The molecule has 98 valence electrons. The maximum Gasteiger partial charge on any atom is 0.339 e. The molecule has 1 N–H and O–H groups in total. The smallest absolute Gasteiger partial charge is 0.339 e. The van der Waals surface area contributed by atoms with E-state index in [1.807, 2.05) is 6.92 Å². The highest BCUT2D eigenvalue weighted by Crippen LogP contribution is 2.20. The predicted molar refractivity (Wildman–Crippen MR) is 68.3 cm³/mol. The zero-order valence-electron chi connectivity index (χ0n) is 10.7. The Morgan fingerprint density at radius 2 is 2.22 bits per heavy atom. The maximum absolute atomic E-state index is 11.4. The molecule has 0 saturated carbocycles. The Balaban J connectivity index is 2.74. The van der Waals surface area contributed by atoms with Gasteiger partial charge in [-0.3, -0.25) is 0 Å². The van der Waals surface area contributed by atoms with Gasteiger partial charge in [0.05, 0.1) is 6.61 Å². The molecule has 0 radical (unpaired) electrons. The number of rotatable bonds is 6. The first kappa shape index (κ1) is 14.3. The van der Waals surface area contributed by atoms with Gasteiger partial charge in [-0.05, 0) is 37.1 Å². The molecular formula is C14H18O4. The Kier molecular flexibility index (Phi) is 5.39. The molecule has 4 heteroatoms. The Morgan fingerprint density at radius 3 is 2.83 bits per heavy atom. The molecule has 0 amide bonds. The summed E-state index contributed by atoms with van der Waals surface area (Å²) in [4.78, 5) is 11.4. The van der Waals surface area contributed by atoms with Gasteiger partial charge in [0, 0.05) is 0 Å². The van der Waals surface area contributed by atoms with Crippen molar-refractivity contribution in [2.24, 2.45) is 0 Å². The summed E-state index contributed by atoms with van der Waals surface area (Å²) in [6.07, 6.45) is -1.28. The summed E-state index contributed by atoms with van der Waals surface area (Å²) in [6.45, 7) is 7.92. The van der Waals surface area contributed by atoms with Gasteiger partial charge in [0.15, 0.2) is 6.10 Å². The molecule has 4 nitrogen and oxygen atoms in total. The van der Waals surface area contributed by atoms with Crippen molar-refractivity contribution in [3.8, 4) is 5.75 Å². The van der Waals surface area contributed by atoms with Crippen LogP contribution < -0.4 is 4.74 Å². The van der Waals surface area contributed by atoms with Gasteiger partial charge < -0.3 is 14.6 Å². The van der Waals surface area contributed by atoms with Gasteiger partial charge in [0.2, 0.25) is 0 Å². The number of carbonyl (C=O) groups is 1. The zero-order chi connectivity index (χ0) is 13.5. The van der Waals surface area contributed by atoms with Gasteiger partial charge in [-0.15, -0.1) is 0 Å². The molecule has 1 unspecified atom stereocenters. The molecule has 0 aliphatic heterocycles. The number of aliphatic hydroxyl groups excluding tert-OH is 1. The minimum Gasteiger partial charge on any atom is -0.489 e. The van der Waals surface area contributed by atoms with Gasteiger partial charge in [-0.2, -0.15) is 0 Å². The van der Waals surface area contributed by atoms with E-state index in [4.69, 9.17) is 9.47 Å². The lowest BCUT2D eigenvalue weighted by Gasteiger charge is -2.12. The van der Waals surface area contributed by atoms with E-state index < -0.39 is 12.1 Å². The Hall–Kier alpha value is -1.81. The molecule has 0 fully saturated rings. The van der Waals surface area contributed by atoms with Crippen molar-refractivity contribution in [1.29, 1.82) is 0 Å². The molecule has 18 heavy (non-hydrogen) atoms. The second-order valence-electron chi connectivity index (χ2n) is 3.97. The fraction of sp³-hybridized carbons (Fsp3) is 0.357. The van der Waals surface area contributed by atoms with Crippen molar-refractivity contribution < 1.29 is 19.4 Å². The number of hydrogen-bond donors (Lipinski definition) is 1. The van der Waals surface area contributed by atoms with E-state index in [-0.39, 0.29) is 6.61 Å². The van der Waals surface area contributed by atoms with Crippen LogP contribution in [0.2, 0.25) is 0 Å². The lowest BCUT2D eigenvalue weighted by Crippen LogP contribution is -2.15. The summed E-state index contributed by atoms with van der Waals surface area (Å²) in [6, 6.07) is 6.73. The molecule has 1 aromatic rings. The van der Waals surface area contributed by atoms with Crippen molar-refractivity contribution in [3.63, 3.8) is 0 Å². The largest absolute Gasteiger partial charge is 0.489 e. The molecule has 0 spiro atoms. The Labute approximate surface area is 107 Å². The summed E-state index contributed by atoms with van der Waals surface area (Å²) in [7, 11) is 0. The van der Waals surface area contributed by atoms with Crippen molar-refractivity contribution in [2.45, 2.75) is 20.0 Å². The topological polar surface area (TPSA) is 55.8 Å². The van der Waals surface area contributed by atoms with E-state index >= 15 is 0 Å². The molecule has 1 rings (SSSR count). The zero-order valence-corrected chi connectivity index (χ0v) is 10.7. The van der Waals surface area contributed by atoms with Gasteiger partial charge in [-0.25, -0.2) is 4.79 Å². The van der Waals surface area contributed by atoms with Crippen LogP contribution in [0, 0.1) is 0 Å². The van der Waals surface area contributed by atoms with Gasteiger partial charge >= 0.3 is 5.97 Å². The summed E-state index contributed by atoms with van der Waals surface area (Å²) in [5, 5.41) is 9.77. The number of benzene rings is 1. The summed E-state index contributed by atoms with van der Waals surface area (Å²) in [5.41, 5.74) is 1.35. The number of hydrogen-bond acceptors (Lipinski definition) is 4. The van der Waals surface area contributed by atoms with Crippen LogP contribution in [0.5, 0.6) is 5.75 Å². The Bertz CT molecular complexity index is 426. The van der Waals surface area contributed by atoms with Crippen LogP contribution in [-0.2, 0) is 9.53 Å². The first-order valence-corrected chi connectivity index (χ1v) is 5.76. The fourth-order valence-electron chi connectivity index (χ4n) is 1.34. The molecule has 0 aliphatic rings. The Morgan fingerprint density at radius 1 is 1.50 bits per heavy atom. The first-order chi connectivity index (χ1) is 8.54. The van der Waals surface area contributed by atoms with Crippen LogP contribution in [0.4, 0.5) is 0 Å². The average molecular weight is 250 g/mol. The molecule has 0 aromatic heterocycles. The lowest BCUT2D eigenvalue weighted by atomic mass is 10.1. The molecule has 0 saturated heterocycles. The highest BCUT2D eigenvalue weighted by molar-refractivity contribution is 5.76. The van der Waals surface area contributed by atoms with Gasteiger partial charge in [-0.1, -0.05) is 18.7 Å². The van der Waals surface area contributed by atoms with Gasteiger partial charge in [0.1, 0.15) is 12.4 Å². The SMILES string of the molecule is C=C(C)COc1cccc(C(O)C(=O)OCC)c1. The van der Waals surface area contributed by atoms with E-state index in [2.05, 4.69) is 6.58 Å². The average Bonchev–Trinajstić information content (AvgIpc) is 2.36. The van der Waals surface area contributed by atoms with E-state index in [1.165, 1.54) is 0 Å². The third kappa shape index (κ3) is 4.22. The third-order valence-electron chi connectivity index (χ3n) is 2.17. The molecule has 0 heterocycles. The number of ether oxygens (including phenoxy) is 2. The molecule has 0 aliphatic carbocycles. The van der Waals surface area contributed by atoms with E-state index in [0.717, 1.165) is 5.57 Å². The van der Waals surface area contributed by atoms with E-state index in [9.17, 15) is 9.90 Å². The summed E-state index contributed by atoms with van der Waals surface area (Å²) < 4.78 is 10.2. The van der Waals surface area contributed by atoms with E-state index in [1.54, 1.807) is 31.2 Å². The number of esters is 1. The highest BCUT2D eigenvalue weighted by Gasteiger charge is 2.18. The van der Waals surface area contributed by atoms with Crippen molar-refractivity contribution in [2.75, 3.05) is 13.2 Å². The molecule has 1 atom stereocenters. The van der Waals surface area contributed by atoms with Crippen molar-refractivity contribution in [1.82, 2.24) is 0 Å².